The molecule has 0 aliphatic rings. The smallest absolute Gasteiger partial charge is 0.168 e. The first-order valence-electron chi connectivity index (χ1n) is 9.59. The van der Waals surface area contributed by atoms with Crippen LogP contribution in [-0.4, -0.2) is 32.8 Å². The fourth-order valence-corrected chi connectivity index (χ4v) is 3.35. The lowest BCUT2D eigenvalue weighted by atomic mass is 10.2. The number of para-hydroxylation sites is 1. The highest BCUT2D eigenvalue weighted by molar-refractivity contribution is 5.89. The van der Waals surface area contributed by atoms with Crippen molar-refractivity contribution in [1.82, 2.24) is 19.7 Å². The van der Waals surface area contributed by atoms with Gasteiger partial charge >= 0.3 is 0 Å². The SMILES string of the molecule is CCN(CC)c1ccc(Nc2nc(C)nc3c2cnn3-c2ccccc2)cc1. The lowest BCUT2D eigenvalue weighted by Crippen LogP contribution is -2.21. The first kappa shape index (κ1) is 18.0. The maximum atomic E-state index is 4.62. The standard InChI is InChI=1S/C22H24N6/c1-4-27(5-2)18-13-11-17(12-14-18)26-21-20-15-23-28(19-9-7-6-8-10-19)22(20)25-16(3)24-21/h6-15H,4-5H2,1-3H3,(H,24,25,26). The van der Waals surface area contributed by atoms with Crippen molar-refractivity contribution < 1.29 is 0 Å². The van der Waals surface area contributed by atoms with Crippen molar-refractivity contribution in [2.24, 2.45) is 0 Å². The van der Waals surface area contributed by atoms with Gasteiger partial charge in [0.2, 0.25) is 0 Å². The number of hydrogen-bond donors (Lipinski definition) is 1. The molecule has 0 fully saturated rings. The number of aromatic nitrogens is 4. The Bertz CT molecular complexity index is 1070. The van der Waals surface area contributed by atoms with Gasteiger partial charge in [-0.1, -0.05) is 18.2 Å². The van der Waals surface area contributed by atoms with Gasteiger partial charge in [-0.2, -0.15) is 5.10 Å². The zero-order valence-corrected chi connectivity index (χ0v) is 16.4. The Hall–Kier alpha value is -3.41. The summed E-state index contributed by atoms with van der Waals surface area (Å²) in [6, 6.07) is 18.4. The van der Waals surface area contributed by atoms with Crippen LogP contribution >= 0.6 is 0 Å². The molecule has 0 amide bonds. The number of aryl methyl sites for hydroxylation is 1. The Morgan fingerprint density at radius 2 is 1.64 bits per heavy atom. The third-order valence-corrected chi connectivity index (χ3v) is 4.80. The van der Waals surface area contributed by atoms with Gasteiger partial charge in [-0.25, -0.2) is 14.6 Å². The second-order valence-electron chi connectivity index (χ2n) is 6.59. The molecule has 1 N–H and O–H groups in total. The first-order chi connectivity index (χ1) is 13.7. The Morgan fingerprint density at radius 3 is 2.32 bits per heavy atom. The summed E-state index contributed by atoms with van der Waals surface area (Å²) in [5, 5.41) is 8.86. The lowest BCUT2D eigenvalue weighted by Gasteiger charge is -2.21. The van der Waals surface area contributed by atoms with E-state index in [9.17, 15) is 0 Å². The highest BCUT2D eigenvalue weighted by Crippen LogP contribution is 2.26. The van der Waals surface area contributed by atoms with Crippen molar-refractivity contribution >= 4 is 28.2 Å². The van der Waals surface area contributed by atoms with Crippen LogP contribution in [0.15, 0.2) is 60.8 Å². The molecule has 2 heterocycles. The van der Waals surface area contributed by atoms with Crippen molar-refractivity contribution in [3.05, 3.63) is 66.6 Å². The van der Waals surface area contributed by atoms with Crippen LogP contribution in [0.2, 0.25) is 0 Å². The zero-order valence-electron chi connectivity index (χ0n) is 16.4. The topological polar surface area (TPSA) is 58.9 Å². The van der Waals surface area contributed by atoms with Crippen LogP contribution in [0.25, 0.3) is 16.7 Å². The van der Waals surface area contributed by atoms with Crippen LogP contribution in [0.4, 0.5) is 17.2 Å². The molecule has 0 unspecified atom stereocenters. The average Bonchev–Trinajstić information content (AvgIpc) is 3.15. The summed E-state index contributed by atoms with van der Waals surface area (Å²) in [6.45, 7) is 8.22. The summed E-state index contributed by atoms with van der Waals surface area (Å²) >= 11 is 0. The predicted octanol–water partition coefficient (Wildman–Crippen LogP) is 4.71. The van der Waals surface area contributed by atoms with Gasteiger partial charge < -0.3 is 10.2 Å². The Morgan fingerprint density at radius 1 is 0.929 bits per heavy atom. The molecule has 0 saturated carbocycles. The van der Waals surface area contributed by atoms with E-state index < -0.39 is 0 Å². The molecular formula is C22H24N6. The average molecular weight is 372 g/mol. The molecule has 2 aromatic carbocycles. The van der Waals surface area contributed by atoms with E-state index in [-0.39, 0.29) is 0 Å². The molecule has 0 atom stereocenters. The third kappa shape index (κ3) is 3.41. The Labute approximate surface area is 164 Å². The number of rotatable bonds is 6. The summed E-state index contributed by atoms with van der Waals surface area (Å²) in [6.07, 6.45) is 1.81. The van der Waals surface area contributed by atoms with E-state index in [1.54, 1.807) is 0 Å². The Kier molecular flexibility index (Phi) is 4.93. The van der Waals surface area contributed by atoms with Crippen LogP contribution in [0.5, 0.6) is 0 Å². The highest BCUT2D eigenvalue weighted by atomic mass is 15.3. The number of fused-ring (bicyclic) bond motifs is 1. The molecular weight excluding hydrogens is 348 g/mol. The quantitative estimate of drug-likeness (QED) is 0.531. The summed E-state index contributed by atoms with van der Waals surface area (Å²) in [7, 11) is 0. The molecule has 142 valence electrons. The molecule has 28 heavy (non-hydrogen) atoms. The normalized spacial score (nSPS) is 11.0. The molecule has 0 bridgehead atoms. The molecule has 0 saturated heterocycles. The molecule has 0 spiro atoms. The number of nitrogens with one attached hydrogen (secondary N) is 1. The summed E-state index contributed by atoms with van der Waals surface area (Å²) in [4.78, 5) is 11.5. The summed E-state index contributed by atoms with van der Waals surface area (Å²) in [5.74, 6) is 1.47. The van der Waals surface area contributed by atoms with Gasteiger partial charge in [0.15, 0.2) is 5.65 Å². The lowest BCUT2D eigenvalue weighted by molar-refractivity contribution is 0.866. The van der Waals surface area contributed by atoms with E-state index in [4.69, 9.17) is 0 Å². The number of nitrogens with zero attached hydrogens (tertiary/aromatic N) is 5. The molecule has 0 aliphatic heterocycles. The molecule has 2 aromatic heterocycles. The van der Waals surface area contributed by atoms with E-state index in [0.717, 1.165) is 41.3 Å². The molecule has 4 rings (SSSR count). The number of anilines is 3. The van der Waals surface area contributed by atoms with Crippen LogP contribution in [0.1, 0.15) is 19.7 Å². The van der Waals surface area contributed by atoms with Crippen LogP contribution in [-0.2, 0) is 0 Å². The summed E-state index contributed by atoms with van der Waals surface area (Å²) < 4.78 is 1.85. The Balaban J connectivity index is 1.69. The number of hydrogen-bond acceptors (Lipinski definition) is 5. The van der Waals surface area contributed by atoms with Crippen molar-refractivity contribution in [3.63, 3.8) is 0 Å². The van der Waals surface area contributed by atoms with Crippen LogP contribution in [0.3, 0.4) is 0 Å². The van der Waals surface area contributed by atoms with Gasteiger partial charge in [-0.3, -0.25) is 0 Å². The van der Waals surface area contributed by atoms with Gasteiger partial charge in [-0.05, 0) is 57.2 Å². The van der Waals surface area contributed by atoms with E-state index in [2.05, 4.69) is 63.4 Å². The first-order valence-corrected chi connectivity index (χ1v) is 9.59. The molecule has 6 heteroatoms. The minimum Gasteiger partial charge on any atom is -0.372 e. The van der Waals surface area contributed by atoms with Crippen molar-refractivity contribution in [2.75, 3.05) is 23.3 Å². The molecule has 6 nitrogen and oxygen atoms in total. The van der Waals surface area contributed by atoms with Crippen molar-refractivity contribution in [3.8, 4) is 5.69 Å². The fraction of sp³-hybridized carbons (Fsp3) is 0.227. The minimum absolute atomic E-state index is 0.701. The second-order valence-corrected chi connectivity index (χ2v) is 6.59. The van der Waals surface area contributed by atoms with Crippen LogP contribution < -0.4 is 10.2 Å². The minimum atomic E-state index is 0.701. The second kappa shape index (κ2) is 7.68. The van der Waals surface area contributed by atoms with Crippen LogP contribution in [0, 0.1) is 6.92 Å². The van der Waals surface area contributed by atoms with Crippen molar-refractivity contribution in [2.45, 2.75) is 20.8 Å². The molecule has 0 aliphatic carbocycles. The molecule has 0 radical (unpaired) electrons. The predicted molar refractivity (Wildman–Crippen MR) is 115 cm³/mol. The largest absolute Gasteiger partial charge is 0.372 e. The molecule has 4 aromatic rings. The van der Waals surface area contributed by atoms with Gasteiger partial charge in [0.1, 0.15) is 11.6 Å². The third-order valence-electron chi connectivity index (χ3n) is 4.80. The van der Waals surface area contributed by atoms with Gasteiger partial charge in [0, 0.05) is 24.5 Å². The maximum absolute atomic E-state index is 4.62. The van der Waals surface area contributed by atoms with E-state index in [0.29, 0.717) is 5.82 Å². The van der Waals surface area contributed by atoms with E-state index in [1.165, 1.54) is 5.69 Å². The van der Waals surface area contributed by atoms with Gasteiger partial charge in [0.25, 0.3) is 0 Å². The highest BCUT2D eigenvalue weighted by Gasteiger charge is 2.13. The van der Waals surface area contributed by atoms with Crippen molar-refractivity contribution in [1.29, 1.82) is 0 Å². The van der Waals surface area contributed by atoms with E-state index in [1.807, 2.05) is 48.1 Å². The monoisotopic (exact) mass is 372 g/mol. The fourth-order valence-electron chi connectivity index (χ4n) is 3.35. The number of benzene rings is 2. The maximum Gasteiger partial charge on any atom is 0.168 e. The van der Waals surface area contributed by atoms with Gasteiger partial charge in [-0.15, -0.1) is 0 Å². The zero-order chi connectivity index (χ0) is 19.5. The van der Waals surface area contributed by atoms with E-state index >= 15 is 0 Å². The summed E-state index contributed by atoms with van der Waals surface area (Å²) in [5.41, 5.74) is 3.98. The van der Waals surface area contributed by atoms with Gasteiger partial charge in [0.05, 0.1) is 17.3 Å².